The standard InChI is InChI=1S/C12H26N4/c1-13-12(11-3-6-15(2)9-11)10-16-7-4-14-5-8-16/h11-14H,3-10H2,1-2H3. The van der Waals surface area contributed by atoms with Crippen LogP contribution in [0.1, 0.15) is 6.42 Å². The first-order valence-electron chi connectivity index (χ1n) is 6.58. The molecule has 0 aromatic heterocycles. The normalized spacial score (nSPS) is 30.8. The van der Waals surface area contributed by atoms with Gasteiger partial charge in [-0.3, -0.25) is 4.90 Å². The van der Waals surface area contributed by atoms with Crippen molar-refractivity contribution in [1.82, 2.24) is 20.4 Å². The van der Waals surface area contributed by atoms with Gasteiger partial charge >= 0.3 is 0 Å². The van der Waals surface area contributed by atoms with Crippen molar-refractivity contribution in [1.29, 1.82) is 0 Å². The lowest BCUT2D eigenvalue weighted by atomic mass is 9.98. The van der Waals surface area contributed by atoms with Crippen LogP contribution < -0.4 is 10.6 Å². The molecule has 2 heterocycles. The van der Waals surface area contributed by atoms with Gasteiger partial charge in [-0.15, -0.1) is 0 Å². The SMILES string of the molecule is CNC(CN1CCNCC1)C1CCN(C)C1. The first-order chi connectivity index (χ1) is 7.79. The van der Waals surface area contributed by atoms with Crippen LogP contribution in [0.4, 0.5) is 0 Å². The zero-order valence-corrected chi connectivity index (χ0v) is 10.7. The van der Waals surface area contributed by atoms with Crippen LogP contribution in [0.25, 0.3) is 0 Å². The fraction of sp³-hybridized carbons (Fsp3) is 1.00. The molecule has 0 aromatic rings. The molecular weight excluding hydrogens is 200 g/mol. The maximum Gasteiger partial charge on any atom is 0.0232 e. The smallest absolute Gasteiger partial charge is 0.0232 e. The molecule has 2 aliphatic rings. The minimum absolute atomic E-state index is 0.669. The van der Waals surface area contributed by atoms with E-state index in [9.17, 15) is 0 Å². The van der Waals surface area contributed by atoms with E-state index in [0.717, 1.165) is 19.0 Å². The molecule has 94 valence electrons. The van der Waals surface area contributed by atoms with Crippen molar-refractivity contribution in [3.05, 3.63) is 0 Å². The molecule has 0 amide bonds. The minimum atomic E-state index is 0.669. The molecule has 2 atom stereocenters. The van der Waals surface area contributed by atoms with E-state index in [0.29, 0.717) is 6.04 Å². The number of hydrogen-bond donors (Lipinski definition) is 2. The van der Waals surface area contributed by atoms with Crippen molar-refractivity contribution in [3.63, 3.8) is 0 Å². The monoisotopic (exact) mass is 226 g/mol. The Morgan fingerprint density at radius 3 is 2.62 bits per heavy atom. The van der Waals surface area contributed by atoms with Crippen LogP contribution in [0.3, 0.4) is 0 Å². The molecule has 2 rings (SSSR count). The lowest BCUT2D eigenvalue weighted by molar-refractivity contribution is 0.193. The molecule has 2 fully saturated rings. The summed E-state index contributed by atoms with van der Waals surface area (Å²) in [5, 5.41) is 6.94. The summed E-state index contributed by atoms with van der Waals surface area (Å²) in [5.41, 5.74) is 0. The highest BCUT2D eigenvalue weighted by Gasteiger charge is 2.28. The summed E-state index contributed by atoms with van der Waals surface area (Å²) in [6.07, 6.45) is 1.36. The summed E-state index contributed by atoms with van der Waals surface area (Å²) in [4.78, 5) is 5.04. The molecule has 2 saturated heterocycles. The van der Waals surface area contributed by atoms with Gasteiger partial charge in [0.15, 0.2) is 0 Å². The van der Waals surface area contributed by atoms with Gasteiger partial charge in [0, 0.05) is 45.3 Å². The number of rotatable bonds is 4. The van der Waals surface area contributed by atoms with Crippen LogP contribution in [0.15, 0.2) is 0 Å². The van der Waals surface area contributed by atoms with Gasteiger partial charge in [0.25, 0.3) is 0 Å². The zero-order valence-electron chi connectivity index (χ0n) is 10.7. The number of likely N-dealkylation sites (tertiary alicyclic amines) is 1. The highest BCUT2D eigenvalue weighted by molar-refractivity contribution is 4.86. The maximum absolute atomic E-state index is 3.52. The van der Waals surface area contributed by atoms with E-state index < -0.39 is 0 Å². The van der Waals surface area contributed by atoms with Gasteiger partial charge in [-0.25, -0.2) is 0 Å². The van der Waals surface area contributed by atoms with Gasteiger partial charge < -0.3 is 15.5 Å². The fourth-order valence-corrected chi connectivity index (χ4v) is 2.95. The van der Waals surface area contributed by atoms with Crippen LogP contribution >= 0.6 is 0 Å². The Bertz CT molecular complexity index is 203. The van der Waals surface area contributed by atoms with Crippen molar-refractivity contribution in [2.24, 2.45) is 5.92 Å². The first-order valence-corrected chi connectivity index (χ1v) is 6.58. The average Bonchev–Trinajstić information content (AvgIpc) is 2.74. The molecule has 16 heavy (non-hydrogen) atoms. The van der Waals surface area contributed by atoms with Crippen molar-refractivity contribution in [2.75, 3.05) is 59.9 Å². The number of nitrogens with zero attached hydrogens (tertiary/aromatic N) is 2. The van der Waals surface area contributed by atoms with Crippen molar-refractivity contribution in [3.8, 4) is 0 Å². The van der Waals surface area contributed by atoms with Gasteiger partial charge in [0.05, 0.1) is 0 Å². The van der Waals surface area contributed by atoms with E-state index in [1.165, 1.54) is 39.1 Å². The van der Waals surface area contributed by atoms with Gasteiger partial charge in [0.2, 0.25) is 0 Å². The highest BCUT2D eigenvalue weighted by atomic mass is 15.2. The van der Waals surface area contributed by atoms with Crippen LogP contribution in [-0.2, 0) is 0 Å². The van der Waals surface area contributed by atoms with Gasteiger partial charge in [0.1, 0.15) is 0 Å². The molecule has 4 heteroatoms. The van der Waals surface area contributed by atoms with E-state index in [2.05, 4.69) is 34.5 Å². The second-order valence-electron chi connectivity index (χ2n) is 5.26. The van der Waals surface area contributed by atoms with E-state index in [4.69, 9.17) is 0 Å². The quantitative estimate of drug-likeness (QED) is 0.672. The topological polar surface area (TPSA) is 30.5 Å². The van der Waals surface area contributed by atoms with Crippen LogP contribution in [-0.4, -0.2) is 75.8 Å². The predicted octanol–water partition coefficient (Wildman–Crippen LogP) is -0.569. The van der Waals surface area contributed by atoms with Crippen LogP contribution in [0.2, 0.25) is 0 Å². The second kappa shape index (κ2) is 5.96. The summed E-state index contributed by atoms with van der Waals surface area (Å²) in [5.74, 6) is 0.838. The molecule has 2 aliphatic heterocycles. The Labute approximate surface area is 99.4 Å². The molecule has 0 aliphatic carbocycles. The lowest BCUT2D eigenvalue weighted by Crippen LogP contribution is -2.51. The lowest BCUT2D eigenvalue weighted by Gasteiger charge is -2.33. The molecule has 2 N–H and O–H groups in total. The molecule has 0 radical (unpaired) electrons. The summed E-state index contributed by atoms with van der Waals surface area (Å²) in [7, 11) is 4.35. The van der Waals surface area contributed by atoms with Crippen molar-refractivity contribution < 1.29 is 0 Å². The van der Waals surface area contributed by atoms with E-state index in [-0.39, 0.29) is 0 Å². The van der Waals surface area contributed by atoms with Crippen molar-refractivity contribution >= 4 is 0 Å². The van der Waals surface area contributed by atoms with Crippen LogP contribution in [0, 0.1) is 5.92 Å². The molecule has 0 aromatic carbocycles. The summed E-state index contributed by atoms with van der Waals surface area (Å²) >= 11 is 0. The van der Waals surface area contributed by atoms with Crippen LogP contribution in [0.5, 0.6) is 0 Å². The van der Waals surface area contributed by atoms with Gasteiger partial charge in [-0.1, -0.05) is 0 Å². The zero-order chi connectivity index (χ0) is 11.4. The Kier molecular flexibility index (Phi) is 4.58. The Hall–Kier alpha value is -0.160. The number of hydrogen-bond acceptors (Lipinski definition) is 4. The third-order valence-electron chi connectivity index (χ3n) is 4.03. The molecule has 0 spiro atoms. The summed E-state index contributed by atoms with van der Waals surface area (Å²) in [6, 6.07) is 0.669. The molecule has 0 saturated carbocycles. The summed E-state index contributed by atoms with van der Waals surface area (Å²) < 4.78 is 0. The second-order valence-corrected chi connectivity index (χ2v) is 5.26. The average molecular weight is 226 g/mol. The molecule has 2 unspecified atom stereocenters. The largest absolute Gasteiger partial charge is 0.315 e. The number of likely N-dealkylation sites (N-methyl/N-ethyl adjacent to an activating group) is 1. The number of nitrogens with one attached hydrogen (secondary N) is 2. The summed E-state index contributed by atoms with van der Waals surface area (Å²) in [6.45, 7) is 8.47. The first kappa shape index (κ1) is 12.3. The van der Waals surface area contributed by atoms with E-state index >= 15 is 0 Å². The van der Waals surface area contributed by atoms with E-state index in [1.54, 1.807) is 0 Å². The molecule has 0 bridgehead atoms. The third-order valence-corrected chi connectivity index (χ3v) is 4.03. The third kappa shape index (κ3) is 3.17. The molecular formula is C12H26N4. The minimum Gasteiger partial charge on any atom is -0.315 e. The van der Waals surface area contributed by atoms with E-state index in [1.807, 2.05) is 0 Å². The predicted molar refractivity (Wildman–Crippen MR) is 67.8 cm³/mol. The Morgan fingerprint density at radius 2 is 2.06 bits per heavy atom. The Balaban J connectivity index is 1.80. The van der Waals surface area contributed by atoms with Gasteiger partial charge in [-0.2, -0.15) is 0 Å². The fourth-order valence-electron chi connectivity index (χ4n) is 2.95. The maximum atomic E-state index is 3.52. The number of piperazine rings is 1. The Morgan fingerprint density at radius 1 is 1.31 bits per heavy atom. The highest BCUT2D eigenvalue weighted by Crippen LogP contribution is 2.19. The molecule has 4 nitrogen and oxygen atoms in total. The van der Waals surface area contributed by atoms with Gasteiger partial charge in [-0.05, 0) is 33.0 Å². The van der Waals surface area contributed by atoms with Crippen molar-refractivity contribution in [2.45, 2.75) is 12.5 Å².